The number of fused-ring (bicyclic) bond motifs is 1. The van der Waals surface area contributed by atoms with E-state index in [0.717, 1.165) is 16.0 Å². The second-order valence-electron chi connectivity index (χ2n) is 6.23. The van der Waals surface area contributed by atoms with E-state index in [-0.39, 0.29) is 17.0 Å². The molecule has 0 saturated carbocycles. The van der Waals surface area contributed by atoms with Gasteiger partial charge in [-0.2, -0.15) is 5.26 Å². The number of hydrogen-bond acceptors (Lipinski definition) is 5. The van der Waals surface area contributed by atoms with E-state index in [1.54, 1.807) is 24.3 Å². The first-order valence-electron chi connectivity index (χ1n) is 8.45. The molecule has 4 rings (SSSR count). The van der Waals surface area contributed by atoms with Crippen molar-refractivity contribution in [2.75, 3.05) is 0 Å². The predicted octanol–water partition coefficient (Wildman–Crippen LogP) is 5.58. The number of nitriles is 1. The molecule has 1 aromatic carbocycles. The Kier molecular flexibility index (Phi) is 4.63. The molecule has 4 aromatic rings. The second kappa shape index (κ2) is 7.12. The van der Waals surface area contributed by atoms with E-state index < -0.39 is 0 Å². The smallest absolute Gasteiger partial charge is 0.260 e. The molecule has 0 aliphatic rings. The summed E-state index contributed by atoms with van der Waals surface area (Å²) in [5.41, 5.74) is 1.64. The highest BCUT2D eigenvalue weighted by atomic mass is 35.5. The number of H-pyrrole nitrogens is 1. The fourth-order valence-electron chi connectivity index (χ4n) is 2.91. The Balaban J connectivity index is 1.77. The van der Waals surface area contributed by atoms with Crippen molar-refractivity contribution in [1.82, 2.24) is 9.97 Å². The first-order valence-corrected chi connectivity index (χ1v) is 9.64. The number of furan rings is 1. The number of aromatic nitrogens is 2. The topological polar surface area (TPSA) is 82.7 Å². The number of aryl methyl sites for hydroxylation is 2. The number of aromatic amines is 1. The van der Waals surface area contributed by atoms with E-state index in [0.29, 0.717) is 26.8 Å². The molecule has 3 aromatic heterocycles. The van der Waals surface area contributed by atoms with Crippen molar-refractivity contribution in [2.45, 2.75) is 13.8 Å². The van der Waals surface area contributed by atoms with Crippen LogP contribution in [0.4, 0.5) is 0 Å². The minimum atomic E-state index is -0.251. The monoisotopic (exact) mass is 407 g/mol. The fraction of sp³-hybridized carbons (Fsp3) is 0.0952. The maximum atomic E-state index is 12.5. The molecule has 0 bridgehead atoms. The number of allylic oxidation sites excluding steroid dienone is 1. The molecule has 0 saturated heterocycles. The Hall–Kier alpha value is -3.14. The number of halogens is 1. The minimum Gasteiger partial charge on any atom is -0.457 e. The molecule has 7 heteroatoms. The van der Waals surface area contributed by atoms with Gasteiger partial charge in [0.2, 0.25) is 0 Å². The summed E-state index contributed by atoms with van der Waals surface area (Å²) in [6, 6.07) is 13.0. The van der Waals surface area contributed by atoms with Gasteiger partial charge < -0.3 is 9.40 Å². The number of rotatable bonds is 3. The summed E-state index contributed by atoms with van der Waals surface area (Å²) in [5, 5.41) is 10.7. The van der Waals surface area contributed by atoms with Crippen LogP contribution in [0.2, 0.25) is 5.02 Å². The number of thiophene rings is 1. The molecule has 138 valence electrons. The first kappa shape index (κ1) is 18.2. The minimum absolute atomic E-state index is 0.211. The molecule has 0 radical (unpaired) electrons. The molecule has 0 aliphatic carbocycles. The van der Waals surface area contributed by atoms with Crippen LogP contribution in [0.5, 0.6) is 0 Å². The highest BCUT2D eigenvalue weighted by Crippen LogP contribution is 2.30. The van der Waals surface area contributed by atoms with Gasteiger partial charge in [-0.3, -0.25) is 4.79 Å². The Labute approximate surface area is 169 Å². The van der Waals surface area contributed by atoms with Crippen LogP contribution in [0.1, 0.15) is 22.0 Å². The molecule has 0 unspecified atom stereocenters. The summed E-state index contributed by atoms with van der Waals surface area (Å²) in [6.07, 6.45) is 1.55. The number of nitrogens with zero attached hydrogens (tertiary/aromatic N) is 2. The molecule has 0 fully saturated rings. The average molecular weight is 408 g/mol. The molecule has 1 N–H and O–H groups in total. The van der Waals surface area contributed by atoms with E-state index >= 15 is 0 Å². The van der Waals surface area contributed by atoms with Crippen LogP contribution >= 0.6 is 22.9 Å². The zero-order valence-corrected chi connectivity index (χ0v) is 16.6. The first-order chi connectivity index (χ1) is 13.5. The van der Waals surface area contributed by atoms with Gasteiger partial charge in [-0.25, -0.2) is 4.98 Å². The lowest BCUT2D eigenvalue weighted by molar-refractivity contribution is 0.572. The van der Waals surface area contributed by atoms with E-state index in [1.165, 1.54) is 11.3 Å². The number of benzene rings is 1. The quantitative estimate of drug-likeness (QED) is 0.449. The molecule has 0 atom stereocenters. The highest BCUT2D eigenvalue weighted by molar-refractivity contribution is 7.18. The van der Waals surface area contributed by atoms with Gasteiger partial charge in [-0.05, 0) is 43.7 Å². The lowest BCUT2D eigenvalue weighted by Crippen LogP contribution is -2.10. The van der Waals surface area contributed by atoms with Crippen molar-refractivity contribution >= 4 is 44.8 Å². The normalized spacial score (nSPS) is 11.7. The summed E-state index contributed by atoms with van der Waals surface area (Å²) in [6.45, 7) is 3.84. The largest absolute Gasteiger partial charge is 0.457 e. The van der Waals surface area contributed by atoms with Crippen LogP contribution in [0.15, 0.2) is 45.6 Å². The maximum Gasteiger partial charge on any atom is 0.260 e. The second-order valence-corrected chi connectivity index (χ2v) is 7.84. The van der Waals surface area contributed by atoms with E-state index in [4.69, 9.17) is 16.0 Å². The van der Waals surface area contributed by atoms with E-state index in [9.17, 15) is 10.1 Å². The molecular weight excluding hydrogens is 394 g/mol. The SMILES string of the molecule is Cc1sc2nc(C(C#N)=Cc3ccc(-c4ccccc4Cl)o3)[nH]c(=O)c2c1C. The lowest BCUT2D eigenvalue weighted by atomic mass is 10.2. The molecule has 28 heavy (non-hydrogen) atoms. The van der Waals surface area contributed by atoms with Crippen LogP contribution in [0, 0.1) is 25.2 Å². The van der Waals surface area contributed by atoms with Crippen LogP contribution in [0.25, 0.3) is 33.2 Å². The Morgan fingerprint density at radius 2 is 2.07 bits per heavy atom. The average Bonchev–Trinajstić information content (AvgIpc) is 3.25. The molecule has 0 aliphatic heterocycles. The summed E-state index contributed by atoms with van der Waals surface area (Å²) in [7, 11) is 0. The third-order valence-electron chi connectivity index (χ3n) is 4.47. The standard InChI is InChI=1S/C21H14ClN3O2S/c1-11-12(2)28-21-18(11)20(26)24-19(25-21)13(10-23)9-14-7-8-17(27-14)15-5-3-4-6-16(15)22/h3-9H,1-2H3,(H,24,25,26). The molecular formula is C21H14ClN3O2S. The third kappa shape index (κ3) is 3.15. The fourth-order valence-corrected chi connectivity index (χ4v) is 4.17. The van der Waals surface area contributed by atoms with E-state index in [2.05, 4.69) is 16.0 Å². The molecule has 5 nitrogen and oxygen atoms in total. The van der Waals surface area contributed by atoms with Crippen LogP contribution in [-0.2, 0) is 0 Å². The molecule has 3 heterocycles. The van der Waals surface area contributed by atoms with Gasteiger partial charge >= 0.3 is 0 Å². The summed E-state index contributed by atoms with van der Waals surface area (Å²) in [4.78, 5) is 21.3. The van der Waals surface area contributed by atoms with Crippen LogP contribution in [-0.4, -0.2) is 9.97 Å². The van der Waals surface area contributed by atoms with Gasteiger partial charge in [0.1, 0.15) is 22.4 Å². The van der Waals surface area contributed by atoms with Gasteiger partial charge in [-0.15, -0.1) is 11.3 Å². The van der Waals surface area contributed by atoms with Gasteiger partial charge in [0, 0.05) is 16.5 Å². The Bertz CT molecular complexity index is 1340. The van der Waals surface area contributed by atoms with Gasteiger partial charge in [-0.1, -0.05) is 23.7 Å². The van der Waals surface area contributed by atoms with Crippen LogP contribution in [0.3, 0.4) is 0 Å². The summed E-state index contributed by atoms with van der Waals surface area (Å²) < 4.78 is 5.82. The maximum absolute atomic E-state index is 12.5. The summed E-state index contributed by atoms with van der Waals surface area (Å²) in [5.74, 6) is 1.28. The summed E-state index contributed by atoms with van der Waals surface area (Å²) >= 11 is 7.65. The van der Waals surface area contributed by atoms with Crippen molar-refractivity contribution in [1.29, 1.82) is 5.26 Å². The zero-order valence-electron chi connectivity index (χ0n) is 15.0. The molecule has 0 amide bonds. The number of nitrogens with one attached hydrogen (secondary N) is 1. The van der Waals surface area contributed by atoms with Crippen molar-refractivity contribution in [2.24, 2.45) is 0 Å². The Morgan fingerprint density at radius 1 is 1.29 bits per heavy atom. The predicted molar refractivity (Wildman–Crippen MR) is 112 cm³/mol. The Morgan fingerprint density at radius 3 is 2.82 bits per heavy atom. The van der Waals surface area contributed by atoms with Gasteiger partial charge in [0.25, 0.3) is 5.56 Å². The molecule has 0 spiro atoms. The highest BCUT2D eigenvalue weighted by Gasteiger charge is 2.15. The van der Waals surface area contributed by atoms with Crippen LogP contribution < -0.4 is 5.56 Å². The van der Waals surface area contributed by atoms with Gasteiger partial charge in [0.05, 0.1) is 16.0 Å². The lowest BCUT2D eigenvalue weighted by Gasteiger charge is -2.00. The van der Waals surface area contributed by atoms with Crippen molar-refractivity contribution < 1.29 is 4.42 Å². The van der Waals surface area contributed by atoms with Crippen molar-refractivity contribution in [3.05, 3.63) is 73.8 Å². The van der Waals surface area contributed by atoms with Gasteiger partial charge in [0.15, 0.2) is 5.82 Å². The van der Waals surface area contributed by atoms with Crippen molar-refractivity contribution in [3.63, 3.8) is 0 Å². The number of hydrogen-bond donors (Lipinski definition) is 1. The van der Waals surface area contributed by atoms with E-state index in [1.807, 2.05) is 32.0 Å². The van der Waals surface area contributed by atoms with Crippen molar-refractivity contribution in [3.8, 4) is 17.4 Å². The zero-order chi connectivity index (χ0) is 19.8. The third-order valence-corrected chi connectivity index (χ3v) is 5.90.